The van der Waals surface area contributed by atoms with Gasteiger partial charge in [-0.05, 0) is 25.8 Å². The highest BCUT2D eigenvalue weighted by atomic mass is 16.4. The Morgan fingerprint density at radius 1 is 0.553 bits per heavy atom. The molecule has 0 rings (SSSR count). The second kappa shape index (κ2) is 19.8. The van der Waals surface area contributed by atoms with Crippen LogP contribution in [0.3, 0.4) is 0 Å². The third-order valence-corrected chi connectivity index (χ3v) is 4.43. The van der Waals surface area contributed by atoms with Crippen molar-refractivity contribution in [3.63, 3.8) is 0 Å². The van der Waals surface area contributed by atoms with E-state index in [0.29, 0.717) is 25.8 Å². The van der Waals surface area contributed by atoms with Crippen LogP contribution in [0.25, 0.3) is 0 Å². The molecule has 0 spiro atoms. The number of hydrogen-bond acceptors (Lipinski definition) is 10. The third kappa shape index (κ3) is 18.0. The average Bonchev–Trinajstić information content (AvgIpc) is 2.89. The normalized spacial score (nSPS) is 10.8. The van der Waals surface area contributed by atoms with Gasteiger partial charge >= 0.3 is 5.97 Å². The molecule has 12 N–H and O–H groups in total. The lowest BCUT2D eigenvalue weighted by Crippen LogP contribution is -2.51. The van der Waals surface area contributed by atoms with E-state index in [9.17, 15) is 38.4 Å². The Morgan fingerprint density at radius 2 is 0.947 bits per heavy atom. The number of carboxylic acids is 1. The van der Waals surface area contributed by atoms with E-state index in [1.165, 1.54) is 0 Å². The van der Waals surface area contributed by atoms with Crippen LogP contribution in [-0.4, -0.2) is 111 Å². The minimum atomic E-state index is -1.25. The molecular weight excluding hydrogens is 510 g/mol. The monoisotopic (exact) mass is 545 g/mol. The van der Waals surface area contributed by atoms with Crippen molar-refractivity contribution in [2.75, 3.05) is 52.4 Å². The number of aliphatic carboxylic acids is 1. The predicted octanol–water partition coefficient (Wildman–Crippen LogP) is -6.66. The first-order valence-corrected chi connectivity index (χ1v) is 11.5. The van der Waals surface area contributed by atoms with Crippen LogP contribution in [0.15, 0.2) is 0 Å². The number of amides is 7. The molecule has 0 saturated carbocycles. The Balaban J connectivity index is 4.18. The highest BCUT2D eigenvalue weighted by Gasteiger charge is 2.20. The standard InChI is InChI=1S/C20H35N9O9/c21-4-2-1-3-12(29-13(30)5-22)20(38)28-10-18(35)26-8-16(33)24-6-14(31)23-7-15(32)25-9-17(34)27-11-19(36)37/h12H,1-11,21-22H2,(H,23,31)(H,24,33)(H,25,32)(H,26,35)(H,27,34)(H,28,38)(H,29,30)(H,36,37)/t12-/m0/s1. The maximum Gasteiger partial charge on any atom is 0.322 e. The highest BCUT2D eigenvalue weighted by molar-refractivity contribution is 5.93. The van der Waals surface area contributed by atoms with Crippen molar-refractivity contribution in [3.05, 3.63) is 0 Å². The lowest BCUT2D eigenvalue weighted by atomic mass is 10.1. The van der Waals surface area contributed by atoms with E-state index >= 15 is 0 Å². The summed E-state index contributed by atoms with van der Waals surface area (Å²) in [6, 6.07) is -0.900. The summed E-state index contributed by atoms with van der Waals surface area (Å²) in [4.78, 5) is 92.4. The SMILES string of the molecule is NCCCC[C@H](NC(=O)CN)C(=O)NCC(=O)NCC(=O)NCC(=O)NCC(=O)NCC(=O)NCC(=O)O. The summed E-state index contributed by atoms with van der Waals surface area (Å²) in [7, 11) is 0. The smallest absolute Gasteiger partial charge is 0.322 e. The highest BCUT2D eigenvalue weighted by Crippen LogP contribution is 2.00. The second-order valence-electron chi connectivity index (χ2n) is 7.60. The van der Waals surface area contributed by atoms with Crippen molar-refractivity contribution in [1.29, 1.82) is 0 Å². The van der Waals surface area contributed by atoms with E-state index in [2.05, 4.69) is 31.9 Å². The molecule has 0 aliphatic carbocycles. The molecule has 0 aromatic rings. The van der Waals surface area contributed by atoms with E-state index in [1.54, 1.807) is 0 Å². The molecule has 0 fully saturated rings. The van der Waals surface area contributed by atoms with Crippen molar-refractivity contribution in [2.45, 2.75) is 25.3 Å². The first kappa shape index (κ1) is 33.7. The van der Waals surface area contributed by atoms with Crippen molar-refractivity contribution < 1.29 is 43.5 Å². The summed E-state index contributed by atoms with van der Waals surface area (Å²) < 4.78 is 0. The van der Waals surface area contributed by atoms with E-state index in [-0.39, 0.29) is 6.54 Å². The number of hydrogen-bond donors (Lipinski definition) is 10. The molecule has 1 atom stereocenters. The first-order chi connectivity index (χ1) is 18.0. The second-order valence-corrected chi connectivity index (χ2v) is 7.60. The molecular formula is C20H35N9O9. The zero-order valence-corrected chi connectivity index (χ0v) is 20.7. The lowest BCUT2D eigenvalue weighted by Gasteiger charge is -2.18. The van der Waals surface area contributed by atoms with Gasteiger partial charge in [-0.2, -0.15) is 0 Å². The molecule has 0 aromatic heterocycles. The van der Waals surface area contributed by atoms with Crippen LogP contribution in [0.4, 0.5) is 0 Å². The van der Waals surface area contributed by atoms with Gasteiger partial charge in [0, 0.05) is 0 Å². The molecule has 0 radical (unpaired) electrons. The van der Waals surface area contributed by atoms with Gasteiger partial charge in [-0.15, -0.1) is 0 Å². The Bertz CT molecular complexity index is 867. The molecule has 18 nitrogen and oxygen atoms in total. The molecule has 0 unspecified atom stereocenters. The van der Waals surface area contributed by atoms with Gasteiger partial charge in [-0.1, -0.05) is 0 Å². The van der Waals surface area contributed by atoms with Crippen molar-refractivity contribution >= 4 is 47.3 Å². The molecule has 214 valence electrons. The van der Waals surface area contributed by atoms with Gasteiger partial charge in [0.2, 0.25) is 41.4 Å². The molecule has 0 heterocycles. The summed E-state index contributed by atoms with van der Waals surface area (Å²) in [5.74, 6) is -6.02. The minimum Gasteiger partial charge on any atom is -0.480 e. The summed E-state index contributed by atoms with van der Waals surface area (Å²) >= 11 is 0. The van der Waals surface area contributed by atoms with Crippen LogP contribution in [0.2, 0.25) is 0 Å². The quantitative estimate of drug-likeness (QED) is 0.0680. The molecule has 0 bridgehead atoms. The third-order valence-electron chi connectivity index (χ3n) is 4.43. The van der Waals surface area contributed by atoms with Crippen LogP contribution in [0.5, 0.6) is 0 Å². The zero-order valence-electron chi connectivity index (χ0n) is 20.7. The van der Waals surface area contributed by atoms with Gasteiger partial charge in [-0.3, -0.25) is 38.4 Å². The summed E-state index contributed by atoms with van der Waals surface area (Å²) in [5, 5.41) is 24.0. The van der Waals surface area contributed by atoms with Gasteiger partial charge < -0.3 is 53.8 Å². The number of carboxylic acid groups (broad SMARTS) is 1. The number of carbonyl (C=O) groups excluding carboxylic acids is 7. The average molecular weight is 546 g/mol. The van der Waals surface area contributed by atoms with E-state index in [4.69, 9.17) is 16.6 Å². The molecule has 38 heavy (non-hydrogen) atoms. The molecule has 0 aliphatic rings. The van der Waals surface area contributed by atoms with Crippen LogP contribution in [0.1, 0.15) is 19.3 Å². The van der Waals surface area contributed by atoms with Crippen molar-refractivity contribution in [3.8, 4) is 0 Å². The zero-order chi connectivity index (χ0) is 28.9. The fraction of sp³-hybridized carbons (Fsp3) is 0.600. The minimum absolute atomic E-state index is 0.296. The number of unbranched alkanes of at least 4 members (excludes halogenated alkanes) is 1. The van der Waals surface area contributed by atoms with E-state index in [0.717, 1.165) is 0 Å². The lowest BCUT2D eigenvalue weighted by molar-refractivity contribution is -0.137. The Hall–Kier alpha value is -4.32. The van der Waals surface area contributed by atoms with Crippen LogP contribution in [-0.2, 0) is 38.4 Å². The largest absolute Gasteiger partial charge is 0.480 e. The summed E-state index contributed by atoms with van der Waals surface area (Å²) in [6.07, 6.45) is 1.50. The van der Waals surface area contributed by atoms with Gasteiger partial charge in [0.05, 0.1) is 39.3 Å². The first-order valence-electron chi connectivity index (χ1n) is 11.5. The van der Waals surface area contributed by atoms with Crippen molar-refractivity contribution in [1.82, 2.24) is 37.2 Å². The number of carbonyl (C=O) groups is 8. The van der Waals surface area contributed by atoms with E-state index < -0.39 is 92.6 Å². The van der Waals surface area contributed by atoms with Crippen molar-refractivity contribution in [2.24, 2.45) is 11.5 Å². The molecule has 0 aromatic carbocycles. The Morgan fingerprint density at radius 3 is 1.32 bits per heavy atom. The van der Waals surface area contributed by atoms with Crippen LogP contribution < -0.4 is 48.7 Å². The van der Waals surface area contributed by atoms with Gasteiger partial charge in [0.1, 0.15) is 12.6 Å². The maximum atomic E-state index is 12.3. The van der Waals surface area contributed by atoms with Gasteiger partial charge in [0.15, 0.2) is 0 Å². The fourth-order valence-electron chi connectivity index (χ4n) is 2.51. The summed E-state index contributed by atoms with van der Waals surface area (Å²) in [5.41, 5.74) is 10.7. The maximum absolute atomic E-state index is 12.3. The van der Waals surface area contributed by atoms with Gasteiger partial charge in [0.25, 0.3) is 0 Å². The Kier molecular flexibility index (Phi) is 17.6. The fourth-order valence-corrected chi connectivity index (χ4v) is 2.51. The van der Waals surface area contributed by atoms with Crippen LogP contribution in [0, 0.1) is 0 Å². The molecule has 0 saturated heterocycles. The summed E-state index contributed by atoms with van der Waals surface area (Å²) in [6.45, 7) is -2.98. The number of nitrogens with two attached hydrogens (primary N) is 2. The topological polar surface area (TPSA) is 293 Å². The number of nitrogens with one attached hydrogen (secondary N) is 7. The molecule has 7 amide bonds. The predicted molar refractivity (Wildman–Crippen MR) is 130 cm³/mol. The van der Waals surface area contributed by atoms with Crippen LogP contribution >= 0.6 is 0 Å². The molecule has 18 heteroatoms. The Labute approximate surface area is 217 Å². The molecule has 0 aliphatic heterocycles. The van der Waals surface area contributed by atoms with E-state index in [1.807, 2.05) is 5.32 Å². The van der Waals surface area contributed by atoms with Gasteiger partial charge in [-0.25, -0.2) is 0 Å². The number of rotatable bonds is 19.